The second-order valence-corrected chi connectivity index (χ2v) is 6.65. The van der Waals surface area contributed by atoms with Crippen LogP contribution in [0, 0.1) is 5.82 Å². The van der Waals surface area contributed by atoms with Gasteiger partial charge >= 0.3 is 0 Å². The van der Waals surface area contributed by atoms with Crippen molar-refractivity contribution in [1.29, 1.82) is 0 Å². The van der Waals surface area contributed by atoms with Gasteiger partial charge in [-0.3, -0.25) is 0 Å². The molecular weight excluding hydrogens is 357 g/mol. The fourth-order valence-electron chi connectivity index (χ4n) is 2.94. The van der Waals surface area contributed by atoms with E-state index in [1.165, 1.54) is 6.07 Å². The molecule has 0 bridgehead atoms. The van der Waals surface area contributed by atoms with E-state index in [0.717, 1.165) is 38.1 Å². The van der Waals surface area contributed by atoms with E-state index in [-0.39, 0.29) is 12.4 Å². The molecule has 0 saturated carbocycles. The molecule has 1 N–H and O–H groups in total. The van der Waals surface area contributed by atoms with Crippen molar-refractivity contribution in [1.82, 2.24) is 5.32 Å². The summed E-state index contributed by atoms with van der Waals surface area (Å²) in [5.74, 6) is 0.773. The first-order valence-electron chi connectivity index (χ1n) is 8.72. The van der Waals surface area contributed by atoms with E-state index < -0.39 is 0 Å². The lowest BCUT2D eigenvalue weighted by Crippen LogP contribution is -2.25. The van der Waals surface area contributed by atoms with Crippen LogP contribution in [0.1, 0.15) is 24.0 Å². The fraction of sp³-hybridized carbons (Fsp3) is 0.400. The number of rotatable bonds is 8. The fourth-order valence-corrected chi connectivity index (χ4v) is 3.16. The molecular formula is C20H23ClFNO3. The lowest BCUT2D eigenvalue weighted by atomic mass is 10.2. The van der Waals surface area contributed by atoms with E-state index in [9.17, 15) is 4.39 Å². The zero-order valence-electron chi connectivity index (χ0n) is 14.8. The Hall–Kier alpha value is -1.82. The smallest absolute Gasteiger partial charge is 0.161 e. The molecule has 1 aliphatic rings. The molecule has 1 aliphatic heterocycles. The van der Waals surface area contributed by atoms with Crippen molar-refractivity contribution in [2.24, 2.45) is 0 Å². The Labute approximate surface area is 158 Å². The van der Waals surface area contributed by atoms with Crippen molar-refractivity contribution in [2.45, 2.75) is 32.1 Å². The molecule has 2 aromatic carbocycles. The average molecular weight is 380 g/mol. The minimum absolute atomic E-state index is 0.0402. The quantitative estimate of drug-likeness (QED) is 0.740. The van der Waals surface area contributed by atoms with E-state index >= 15 is 0 Å². The molecule has 2 aromatic rings. The Morgan fingerprint density at radius 1 is 1.27 bits per heavy atom. The SMILES string of the molecule is COc1cc(CNC[C@@H]2CCCO2)ccc1OCc1c(F)cccc1Cl. The highest BCUT2D eigenvalue weighted by Gasteiger charge is 2.15. The van der Waals surface area contributed by atoms with Gasteiger partial charge in [0.2, 0.25) is 0 Å². The molecule has 0 amide bonds. The minimum atomic E-state index is -0.383. The number of methoxy groups -OCH3 is 1. The monoisotopic (exact) mass is 379 g/mol. The van der Waals surface area contributed by atoms with E-state index in [1.54, 1.807) is 19.2 Å². The largest absolute Gasteiger partial charge is 0.493 e. The van der Waals surface area contributed by atoms with Gasteiger partial charge in [0.25, 0.3) is 0 Å². The summed E-state index contributed by atoms with van der Waals surface area (Å²) < 4.78 is 30.6. The molecule has 0 unspecified atom stereocenters. The Bertz CT molecular complexity index is 715. The molecule has 3 rings (SSSR count). The summed E-state index contributed by atoms with van der Waals surface area (Å²) >= 11 is 6.04. The number of ether oxygens (including phenoxy) is 3. The van der Waals surface area contributed by atoms with Crippen LogP contribution >= 0.6 is 11.6 Å². The van der Waals surface area contributed by atoms with Gasteiger partial charge in [-0.25, -0.2) is 4.39 Å². The number of hydrogen-bond acceptors (Lipinski definition) is 4. The Kier molecular flexibility index (Phi) is 6.72. The molecule has 0 aliphatic carbocycles. The first-order chi connectivity index (χ1) is 12.7. The first-order valence-corrected chi connectivity index (χ1v) is 9.10. The summed E-state index contributed by atoms with van der Waals surface area (Å²) in [6.07, 6.45) is 2.56. The Morgan fingerprint density at radius 3 is 2.88 bits per heavy atom. The summed E-state index contributed by atoms with van der Waals surface area (Å²) in [4.78, 5) is 0. The van der Waals surface area contributed by atoms with E-state index in [0.29, 0.717) is 28.2 Å². The summed E-state index contributed by atoms with van der Waals surface area (Å²) in [5, 5.41) is 3.74. The van der Waals surface area contributed by atoms with Crippen molar-refractivity contribution >= 4 is 11.6 Å². The van der Waals surface area contributed by atoms with Crippen LogP contribution < -0.4 is 14.8 Å². The molecule has 4 nitrogen and oxygen atoms in total. The van der Waals surface area contributed by atoms with Crippen LogP contribution in [0.15, 0.2) is 36.4 Å². The van der Waals surface area contributed by atoms with Gasteiger partial charge in [0.1, 0.15) is 12.4 Å². The van der Waals surface area contributed by atoms with Gasteiger partial charge in [-0.05, 0) is 42.7 Å². The highest BCUT2D eigenvalue weighted by atomic mass is 35.5. The summed E-state index contributed by atoms with van der Waals surface area (Å²) in [6, 6.07) is 10.3. The average Bonchev–Trinajstić information content (AvgIpc) is 3.15. The topological polar surface area (TPSA) is 39.7 Å². The molecule has 0 radical (unpaired) electrons. The van der Waals surface area contributed by atoms with Crippen LogP contribution in [-0.2, 0) is 17.9 Å². The second kappa shape index (κ2) is 9.21. The number of nitrogens with one attached hydrogen (secondary N) is 1. The molecule has 0 spiro atoms. The third-order valence-corrected chi connectivity index (χ3v) is 4.74. The number of hydrogen-bond donors (Lipinski definition) is 1. The van der Waals surface area contributed by atoms with Crippen molar-refractivity contribution in [3.63, 3.8) is 0 Å². The third-order valence-electron chi connectivity index (χ3n) is 4.39. The van der Waals surface area contributed by atoms with Crippen molar-refractivity contribution in [3.05, 3.63) is 58.4 Å². The lowest BCUT2D eigenvalue weighted by Gasteiger charge is -2.14. The lowest BCUT2D eigenvalue weighted by molar-refractivity contribution is 0.110. The molecule has 140 valence electrons. The Morgan fingerprint density at radius 2 is 2.15 bits per heavy atom. The predicted octanol–water partition coefficient (Wildman–Crippen LogP) is 4.34. The maximum atomic E-state index is 13.9. The van der Waals surface area contributed by atoms with Crippen LogP contribution in [0.25, 0.3) is 0 Å². The molecule has 1 saturated heterocycles. The molecule has 26 heavy (non-hydrogen) atoms. The maximum Gasteiger partial charge on any atom is 0.161 e. The molecule has 6 heteroatoms. The van der Waals surface area contributed by atoms with Crippen LogP contribution in [0.4, 0.5) is 4.39 Å². The van der Waals surface area contributed by atoms with Crippen molar-refractivity contribution < 1.29 is 18.6 Å². The van der Waals surface area contributed by atoms with E-state index in [1.807, 2.05) is 18.2 Å². The van der Waals surface area contributed by atoms with Gasteiger partial charge in [0.05, 0.1) is 18.2 Å². The second-order valence-electron chi connectivity index (χ2n) is 6.24. The molecule has 1 heterocycles. The van der Waals surface area contributed by atoms with Crippen molar-refractivity contribution in [2.75, 3.05) is 20.3 Å². The van der Waals surface area contributed by atoms with Gasteiger partial charge in [-0.1, -0.05) is 23.7 Å². The highest BCUT2D eigenvalue weighted by molar-refractivity contribution is 6.31. The van der Waals surface area contributed by atoms with Crippen molar-refractivity contribution in [3.8, 4) is 11.5 Å². The standard InChI is InChI=1S/C20H23ClFNO3/c1-24-20-10-14(11-23-12-15-4-3-9-25-15)7-8-19(20)26-13-16-17(21)5-2-6-18(16)22/h2,5-8,10,15,23H,3-4,9,11-13H2,1H3/t15-/m0/s1. The van der Waals surface area contributed by atoms with Crippen LogP contribution in [-0.4, -0.2) is 26.4 Å². The minimum Gasteiger partial charge on any atom is -0.493 e. The van der Waals surface area contributed by atoms with Gasteiger partial charge < -0.3 is 19.5 Å². The van der Waals surface area contributed by atoms with Gasteiger partial charge in [-0.15, -0.1) is 0 Å². The van der Waals surface area contributed by atoms with Crippen LogP contribution in [0.2, 0.25) is 5.02 Å². The van der Waals surface area contributed by atoms with Crippen LogP contribution in [0.3, 0.4) is 0 Å². The number of halogens is 2. The number of benzene rings is 2. The Balaban J connectivity index is 1.59. The zero-order valence-corrected chi connectivity index (χ0v) is 15.5. The normalized spacial score (nSPS) is 16.7. The zero-order chi connectivity index (χ0) is 18.4. The third kappa shape index (κ3) is 4.87. The molecule has 0 aromatic heterocycles. The summed E-state index contributed by atoms with van der Waals surface area (Å²) in [5.41, 5.74) is 1.41. The van der Waals surface area contributed by atoms with Crippen LogP contribution in [0.5, 0.6) is 11.5 Å². The maximum absolute atomic E-state index is 13.9. The van der Waals surface area contributed by atoms with Gasteiger partial charge in [-0.2, -0.15) is 0 Å². The van der Waals surface area contributed by atoms with E-state index in [2.05, 4.69) is 5.32 Å². The summed E-state index contributed by atoms with van der Waals surface area (Å²) in [7, 11) is 1.59. The predicted molar refractivity (Wildman–Crippen MR) is 99.4 cm³/mol. The van der Waals surface area contributed by atoms with Gasteiger partial charge in [0.15, 0.2) is 11.5 Å². The molecule has 1 fully saturated rings. The highest BCUT2D eigenvalue weighted by Crippen LogP contribution is 2.30. The summed E-state index contributed by atoms with van der Waals surface area (Å²) in [6.45, 7) is 2.46. The first kappa shape index (κ1) is 19.0. The van der Waals surface area contributed by atoms with Gasteiger partial charge in [0, 0.05) is 25.3 Å². The van der Waals surface area contributed by atoms with E-state index in [4.69, 9.17) is 25.8 Å². The molecule has 1 atom stereocenters.